The highest BCUT2D eigenvalue weighted by atomic mass is 19.1. The third-order valence-corrected chi connectivity index (χ3v) is 2.23. The Balaban J connectivity index is 3.04. The van der Waals surface area contributed by atoms with E-state index in [9.17, 15) is 13.6 Å². The molecule has 0 aliphatic carbocycles. The maximum atomic E-state index is 13.4. The Kier molecular flexibility index (Phi) is 4.15. The summed E-state index contributed by atoms with van der Waals surface area (Å²) in [5.41, 5.74) is 0.120. The third-order valence-electron chi connectivity index (χ3n) is 2.23. The molecule has 0 N–H and O–H groups in total. The van der Waals surface area contributed by atoms with Gasteiger partial charge in [0.25, 0.3) is 0 Å². The van der Waals surface area contributed by atoms with Crippen LogP contribution in [0.1, 0.15) is 11.6 Å². The van der Waals surface area contributed by atoms with Gasteiger partial charge in [0, 0.05) is 11.6 Å². The number of nitrogens with zero attached hydrogens (tertiary/aromatic N) is 1. The third kappa shape index (κ3) is 2.65. The van der Waals surface area contributed by atoms with Crippen LogP contribution in [0, 0.1) is 24.0 Å². The average Bonchev–Trinajstić information content (AvgIpc) is 2.22. The van der Waals surface area contributed by atoms with Crippen LogP contribution in [0.25, 0.3) is 0 Å². The van der Waals surface area contributed by atoms with Crippen molar-refractivity contribution in [3.8, 4) is 12.3 Å². The minimum atomic E-state index is -0.795. The van der Waals surface area contributed by atoms with E-state index in [1.54, 1.807) is 7.05 Å². The van der Waals surface area contributed by atoms with E-state index in [-0.39, 0.29) is 12.1 Å². The number of likely N-dealkylation sites (N-methyl/N-ethyl adjacent to an activating group) is 1. The number of terminal acetylenes is 1. The van der Waals surface area contributed by atoms with Gasteiger partial charge in [0.1, 0.15) is 17.9 Å². The first kappa shape index (κ1) is 12.3. The van der Waals surface area contributed by atoms with Crippen molar-refractivity contribution in [2.24, 2.45) is 0 Å². The summed E-state index contributed by atoms with van der Waals surface area (Å²) in [6, 6.07) is 2.31. The lowest BCUT2D eigenvalue weighted by molar-refractivity contribution is -0.112. The fraction of sp³-hybridized carbons (Fsp3) is 0.250. The van der Waals surface area contributed by atoms with Crippen molar-refractivity contribution in [3.05, 3.63) is 35.4 Å². The Morgan fingerprint density at radius 3 is 2.75 bits per heavy atom. The number of carbonyl (C=O) groups excluding carboxylic acids is 1. The maximum absolute atomic E-state index is 13.4. The van der Waals surface area contributed by atoms with E-state index in [2.05, 4.69) is 5.92 Å². The molecule has 1 atom stereocenters. The molecule has 2 nitrogen and oxygen atoms in total. The summed E-state index contributed by atoms with van der Waals surface area (Å²) < 4.78 is 26.1. The zero-order valence-corrected chi connectivity index (χ0v) is 8.78. The zero-order valence-electron chi connectivity index (χ0n) is 8.78. The van der Waals surface area contributed by atoms with Crippen molar-refractivity contribution < 1.29 is 13.6 Å². The van der Waals surface area contributed by atoms with E-state index < -0.39 is 17.7 Å². The molecule has 1 rings (SSSR count). The Bertz CT molecular complexity index is 426. The van der Waals surface area contributed by atoms with Crippen LogP contribution in [0.3, 0.4) is 0 Å². The van der Waals surface area contributed by atoms with Crippen molar-refractivity contribution in [1.29, 1.82) is 0 Å². The molecule has 0 aliphatic heterocycles. The predicted molar refractivity (Wildman–Crippen MR) is 56.6 cm³/mol. The molecule has 84 valence electrons. The molecule has 1 aromatic rings. The van der Waals surface area contributed by atoms with Gasteiger partial charge in [0.15, 0.2) is 0 Å². The fourth-order valence-corrected chi connectivity index (χ4v) is 1.40. The van der Waals surface area contributed by atoms with Gasteiger partial charge in [0.05, 0.1) is 12.6 Å². The second kappa shape index (κ2) is 5.38. The Morgan fingerprint density at radius 1 is 1.56 bits per heavy atom. The van der Waals surface area contributed by atoms with Gasteiger partial charge < -0.3 is 4.79 Å². The van der Waals surface area contributed by atoms with Gasteiger partial charge in [-0.2, -0.15) is 0 Å². The van der Waals surface area contributed by atoms with Gasteiger partial charge in [-0.3, -0.25) is 4.90 Å². The van der Waals surface area contributed by atoms with Gasteiger partial charge in [-0.05, 0) is 13.1 Å². The van der Waals surface area contributed by atoms with Crippen LogP contribution in [-0.2, 0) is 4.79 Å². The van der Waals surface area contributed by atoms with E-state index in [1.165, 1.54) is 11.0 Å². The van der Waals surface area contributed by atoms with Crippen LogP contribution < -0.4 is 0 Å². The molecule has 16 heavy (non-hydrogen) atoms. The van der Waals surface area contributed by atoms with Crippen LogP contribution in [0.15, 0.2) is 18.2 Å². The topological polar surface area (TPSA) is 20.3 Å². The van der Waals surface area contributed by atoms with Crippen LogP contribution in [0.5, 0.6) is 0 Å². The van der Waals surface area contributed by atoms with Crippen molar-refractivity contribution in [3.63, 3.8) is 0 Å². The number of carbonyl (C=O) groups is 1. The normalized spacial score (nSPS) is 12.2. The molecule has 0 saturated heterocycles. The first-order valence-corrected chi connectivity index (χ1v) is 4.64. The minimum absolute atomic E-state index is 0.120. The number of halogens is 2. The molecule has 1 aromatic carbocycles. The summed E-state index contributed by atoms with van der Waals surface area (Å²) in [6.45, 7) is 0.209. The molecule has 0 spiro atoms. The van der Waals surface area contributed by atoms with Gasteiger partial charge in [-0.1, -0.05) is 12.0 Å². The van der Waals surface area contributed by atoms with E-state index >= 15 is 0 Å². The molecular formula is C12H11F2NO. The highest BCUT2D eigenvalue weighted by Gasteiger charge is 2.19. The van der Waals surface area contributed by atoms with Crippen molar-refractivity contribution in [2.75, 3.05) is 13.6 Å². The largest absolute Gasteiger partial charge is 0.301 e. The summed E-state index contributed by atoms with van der Waals surface area (Å²) in [7, 11) is 1.60. The molecule has 0 fully saturated rings. The van der Waals surface area contributed by atoms with E-state index in [0.29, 0.717) is 6.29 Å². The number of hydrogen-bond donors (Lipinski definition) is 0. The standard InChI is InChI=1S/C12H11F2NO/c1-3-6-15(2)12(8-16)10-5-4-9(13)7-11(10)14/h1,4-5,7-8,12H,6H2,2H3. The second-order valence-electron chi connectivity index (χ2n) is 3.37. The van der Waals surface area contributed by atoms with Gasteiger partial charge in [0.2, 0.25) is 0 Å². The Morgan fingerprint density at radius 2 is 2.25 bits per heavy atom. The highest BCUT2D eigenvalue weighted by Crippen LogP contribution is 2.20. The van der Waals surface area contributed by atoms with Crippen LogP contribution >= 0.6 is 0 Å². The fourth-order valence-electron chi connectivity index (χ4n) is 1.40. The number of benzene rings is 1. The Labute approximate surface area is 92.9 Å². The molecule has 0 radical (unpaired) electrons. The summed E-state index contributed by atoms with van der Waals surface area (Å²) in [4.78, 5) is 12.4. The van der Waals surface area contributed by atoms with Gasteiger partial charge >= 0.3 is 0 Å². The SMILES string of the molecule is C#CCN(C)C(C=O)c1ccc(F)cc1F. The smallest absolute Gasteiger partial charge is 0.141 e. The lowest BCUT2D eigenvalue weighted by atomic mass is 10.1. The van der Waals surface area contributed by atoms with E-state index in [1.807, 2.05) is 0 Å². The average molecular weight is 223 g/mol. The maximum Gasteiger partial charge on any atom is 0.141 e. The quantitative estimate of drug-likeness (QED) is 0.572. The Hall–Kier alpha value is -1.73. The molecule has 0 bridgehead atoms. The minimum Gasteiger partial charge on any atom is -0.301 e. The summed E-state index contributed by atoms with van der Waals surface area (Å²) in [5.74, 6) is 0.929. The molecule has 0 aliphatic rings. The molecule has 0 heterocycles. The first-order chi connectivity index (χ1) is 7.60. The highest BCUT2D eigenvalue weighted by molar-refractivity contribution is 5.61. The van der Waals surface area contributed by atoms with Crippen LogP contribution in [0.4, 0.5) is 8.78 Å². The van der Waals surface area contributed by atoms with E-state index in [0.717, 1.165) is 12.1 Å². The van der Waals surface area contributed by atoms with Crippen molar-refractivity contribution in [1.82, 2.24) is 4.90 Å². The number of rotatable bonds is 4. The molecular weight excluding hydrogens is 212 g/mol. The summed E-state index contributed by atoms with van der Waals surface area (Å²) in [5, 5.41) is 0. The zero-order chi connectivity index (χ0) is 12.1. The molecule has 0 amide bonds. The van der Waals surface area contributed by atoms with E-state index in [4.69, 9.17) is 6.42 Å². The molecule has 0 saturated carbocycles. The molecule has 4 heteroatoms. The molecule has 0 aromatic heterocycles. The lowest BCUT2D eigenvalue weighted by Gasteiger charge is -2.21. The monoisotopic (exact) mass is 223 g/mol. The summed E-state index contributed by atoms with van der Waals surface area (Å²) in [6.07, 6.45) is 5.68. The van der Waals surface area contributed by atoms with Gasteiger partial charge in [-0.25, -0.2) is 8.78 Å². The predicted octanol–water partition coefficient (Wildman–Crippen LogP) is 1.77. The van der Waals surface area contributed by atoms with Gasteiger partial charge in [-0.15, -0.1) is 6.42 Å². The van der Waals surface area contributed by atoms with Crippen molar-refractivity contribution >= 4 is 6.29 Å². The first-order valence-electron chi connectivity index (χ1n) is 4.64. The van der Waals surface area contributed by atoms with Crippen LogP contribution in [0.2, 0.25) is 0 Å². The lowest BCUT2D eigenvalue weighted by Crippen LogP contribution is -2.26. The molecule has 1 unspecified atom stereocenters. The number of aldehydes is 1. The van der Waals surface area contributed by atoms with Crippen molar-refractivity contribution in [2.45, 2.75) is 6.04 Å². The second-order valence-corrected chi connectivity index (χ2v) is 3.37. The summed E-state index contributed by atoms with van der Waals surface area (Å²) >= 11 is 0. The number of hydrogen-bond acceptors (Lipinski definition) is 2. The van der Waals surface area contributed by atoms with Crippen LogP contribution in [-0.4, -0.2) is 24.8 Å².